The van der Waals surface area contributed by atoms with Crippen molar-refractivity contribution in [3.63, 3.8) is 0 Å². The molecule has 15 heavy (non-hydrogen) atoms. The number of likely N-dealkylation sites (tertiary alicyclic amines) is 1. The lowest BCUT2D eigenvalue weighted by Crippen LogP contribution is -2.55. The first-order valence-corrected chi connectivity index (χ1v) is 5.84. The molecular weight excluding hydrogens is 192 g/mol. The number of carbonyl (C=O) groups excluding carboxylic acids is 1. The lowest BCUT2D eigenvalue weighted by molar-refractivity contribution is -0.141. The van der Waals surface area contributed by atoms with Gasteiger partial charge in [0.25, 0.3) is 0 Å². The standard InChI is InChI=1S/C11H20N2O2/c1-8(12)11(14)13-5-2-3-9-7-15-6-4-10(9)13/h8-10H,2-7,12H2,1H3. The van der Waals surface area contributed by atoms with Crippen LogP contribution in [-0.4, -0.2) is 42.6 Å². The number of hydrogen-bond donors (Lipinski definition) is 1. The summed E-state index contributed by atoms with van der Waals surface area (Å²) in [6.45, 7) is 4.24. The van der Waals surface area contributed by atoms with Gasteiger partial charge in [0.15, 0.2) is 0 Å². The molecule has 0 aromatic carbocycles. The van der Waals surface area contributed by atoms with Crippen LogP contribution in [0.3, 0.4) is 0 Å². The number of piperidine rings is 1. The molecule has 3 atom stereocenters. The van der Waals surface area contributed by atoms with E-state index in [2.05, 4.69) is 0 Å². The van der Waals surface area contributed by atoms with Gasteiger partial charge in [-0.1, -0.05) is 0 Å². The quantitative estimate of drug-likeness (QED) is 0.683. The molecule has 0 spiro atoms. The van der Waals surface area contributed by atoms with Crippen LogP contribution in [0.25, 0.3) is 0 Å². The predicted octanol–water partition coefficient (Wildman–Crippen LogP) is 0.361. The fraction of sp³-hybridized carbons (Fsp3) is 0.909. The first-order chi connectivity index (χ1) is 7.20. The summed E-state index contributed by atoms with van der Waals surface area (Å²) >= 11 is 0. The zero-order valence-corrected chi connectivity index (χ0v) is 9.32. The molecule has 4 heteroatoms. The Kier molecular flexibility index (Phi) is 3.26. The maximum atomic E-state index is 11.9. The highest BCUT2D eigenvalue weighted by Crippen LogP contribution is 2.29. The van der Waals surface area contributed by atoms with Gasteiger partial charge >= 0.3 is 0 Å². The molecule has 2 rings (SSSR count). The second-order valence-electron chi connectivity index (χ2n) is 4.65. The minimum Gasteiger partial charge on any atom is -0.381 e. The van der Waals surface area contributed by atoms with Gasteiger partial charge in [-0.05, 0) is 26.2 Å². The monoisotopic (exact) mass is 212 g/mol. The largest absolute Gasteiger partial charge is 0.381 e. The molecule has 3 unspecified atom stereocenters. The number of fused-ring (bicyclic) bond motifs is 1. The number of nitrogens with two attached hydrogens (primary N) is 1. The first-order valence-electron chi connectivity index (χ1n) is 5.84. The molecule has 2 aliphatic rings. The average molecular weight is 212 g/mol. The summed E-state index contributed by atoms with van der Waals surface area (Å²) in [5, 5.41) is 0. The highest BCUT2D eigenvalue weighted by molar-refractivity contribution is 5.81. The van der Waals surface area contributed by atoms with E-state index in [1.54, 1.807) is 6.92 Å². The van der Waals surface area contributed by atoms with Crippen molar-refractivity contribution in [3.8, 4) is 0 Å². The van der Waals surface area contributed by atoms with Crippen LogP contribution in [0, 0.1) is 5.92 Å². The van der Waals surface area contributed by atoms with E-state index in [4.69, 9.17) is 10.5 Å². The van der Waals surface area contributed by atoms with Crippen LogP contribution in [-0.2, 0) is 9.53 Å². The molecule has 0 bridgehead atoms. The van der Waals surface area contributed by atoms with E-state index in [9.17, 15) is 4.79 Å². The van der Waals surface area contributed by atoms with E-state index in [1.165, 1.54) is 6.42 Å². The minimum absolute atomic E-state index is 0.103. The summed E-state index contributed by atoms with van der Waals surface area (Å²) in [4.78, 5) is 13.9. The number of amides is 1. The van der Waals surface area contributed by atoms with Gasteiger partial charge in [0.05, 0.1) is 12.6 Å². The molecule has 1 amide bonds. The van der Waals surface area contributed by atoms with Crippen molar-refractivity contribution in [2.24, 2.45) is 11.7 Å². The van der Waals surface area contributed by atoms with E-state index in [0.29, 0.717) is 12.0 Å². The third-order valence-corrected chi connectivity index (χ3v) is 3.48. The van der Waals surface area contributed by atoms with Crippen LogP contribution in [0.1, 0.15) is 26.2 Å². The summed E-state index contributed by atoms with van der Waals surface area (Å²) < 4.78 is 5.46. The molecule has 4 nitrogen and oxygen atoms in total. The smallest absolute Gasteiger partial charge is 0.239 e. The Hall–Kier alpha value is -0.610. The Morgan fingerprint density at radius 3 is 3.07 bits per heavy atom. The Balaban J connectivity index is 2.06. The van der Waals surface area contributed by atoms with E-state index < -0.39 is 0 Å². The maximum Gasteiger partial charge on any atom is 0.239 e. The first kappa shape index (κ1) is 10.9. The van der Waals surface area contributed by atoms with Crippen molar-refractivity contribution >= 4 is 5.91 Å². The second kappa shape index (κ2) is 4.49. The molecule has 86 valence electrons. The summed E-state index contributed by atoms with van der Waals surface area (Å²) in [6, 6.07) is 0.0117. The molecule has 0 aliphatic carbocycles. The van der Waals surface area contributed by atoms with Gasteiger partial charge in [0.2, 0.25) is 5.91 Å². The number of hydrogen-bond acceptors (Lipinski definition) is 3. The van der Waals surface area contributed by atoms with Gasteiger partial charge in [0.1, 0.15) is 0 Å². The van der Waals surface area contributed by atoms with Crippen molar-refractivity contribution in [3.05, 3.63) is 0 Å². The molecule has 2 fully saturated rings. The highest BCUT2D eigenvalue weighted by Gasteiger charge is 2.36. The maximum absolute atomic E-state index is 11.9. The van der Waals surface area contributed by atoms with Crippen LogP contribution in [0.4, 0.5) is 0 Å². The van der Waals surface area contributed by atoms with E-state index in [0.717, 1.165) is 32.6 Å². The second-order valence-corrected chi connectivity index (χ2v) is 4.65. The Bertz CT molecular complexity index is 241. The van der Waals surface area contributed by atoms with Crippen LogP contribution < -0.4 is 5.73 Å². The molecule has 0 saturated carbocycles. The number of nitrogens with zero attached hydrogens (tertiary/aromatic N) is 1. The van der Waals surface area contributed by atoms with Crippen LogP contribution in [0.5, 0.6) is 0 Å². The van der Waals surface area contributed by atoms with Gasteiger partial charge < -0.3 is 15.4 Å². The third kappa shape index (κ3) is 2.16. The van der Waals surface area contributed by atoms with Gasteiger partial charge in [-0.25, -0.2) is 0 Å². The molecule has 2 aliphatic heterocycles. The van der Waals surface area contributed by atoms with Gasteiger partial charge in [-0.3, -0.25) is 4.79 Å². The normalized spacial score (nSPS) is 33.3. The van der Waals surface area contributed by atoms with Crippen molar-refractivity contribution in [2.75, 3.05) is 19.8 Å². The van der Waals surface area contributed by atoms with E-state index in [1.807, 2.05) is 4.90 Å². The van der Waals surface area contributed by atoms with Crippen molar-refractivity contribution in [2.45, 2.75) is 38.3 Å². The van der Waals surface area contributed by atoms with E-state index in [-0.39, 0.29) is 11.9 Å². The SMILES string of the molecule is CC(N)C(=O)N1CCCC2COCCC21. The molecule has 0 aromatic rings. The fourth-order valence-electron chi connectivity index (χ4n) is 2.70. The topological polar surface area (TPSA) is 55.6 Å². The van der Waals surface area contributed by atoms with Crippen molar-refractivity contribution < 1.29 is 9.53 Å². The zero-order valence-electron chi connectivity index (χ0n) is 9.32. The van der Waals surface area contributed by atoms with Crippen LogP contribution in [0.15, 0.2) is 0 Å². The Labute approximate surface area is 90.8 Å². The lowest BCUT2D eigenvalue weighted by Gasteiger charge is -2.44. The fourth-order valence-corrected chi connectivity index (χ4v) is 2.70. The average Bonchev–Trinajstić information content (AvgIpc) is 2.27. The summed E-state index contributed by atoms with van der Waals surface area (Å²) in [7, 11) is 0. The lowest BCUT2D eigenvalue weighted by atomic mass is 9.86. The predicted molar refractivity (Wildman–Crippen MR) is 57.3 cm³/mol. The molecule has 2 N–H and O–H groups in total. The number of ether oxygens (including phenoxy) is 1. The van der Waals surface area contributed by atoms with Crippen LogP contribution >= 0.6 is 0 Å². The molecule has 0 aromatic heterocycles. The Morgan fingerprint density at radius 1 is 1.53 bits per heavy atom. The molecular formula is C11H20N2O2. The molecule has 2 saturated heterocycles. The highest BCUT2D eigenvalue weighted by atomic mass is 16.5. The Morgan fingerprint density at radius 2 is 2.33 bits per heavy atom. The van der Waals surface area contributed by atoms with E-state index >= 15 is 0 Å². The summed E-state index contributed by atoms with van der Waals surface area (Å²) in [5.74, 6) is 0.641. The summed E-state index contributed by atoms with van der Waals surface area (Å²) in [5.41, 5.74) is 5.67. The van der Waals surface area contributed by atoms with Gasteiger partial charge in [-0.2, -0.15) is 0 Å². The minimum atomic E-state index is -0.369. The summed E-state index contributed by atoms with van der Waals surface area (Å²) in [6.07, 6.45) is 3.25. The molecule has 2 heterocycles. The third-order valence-electron chi connectivity index (χ3n) is 3.48. The van der Waals surface area contributed by atoms with Crippen molar-refractivity contribution in [1.82, 2.24) is 4.90 Å². The van der Waals surface area contributed by atoms with Crippen LogP contribution in [0.2, 0.25) is 0 Å². The van der Waals surface area contributed by atoms with Gasteiger partial charge in [0, 0.05) is 25.1 Å². The molecule has 0 radical (unpaired) electrons. The van der Waals surface area contributed by atoms with Crippen molar-refractivity contribution in [1.29, 1.82) is 0 Å². The number of carbonyl (C=O) groups is 1. The van der Waals surface area contributed by atoms with Gasteiger partial charge in [-0.15, -0.1) is 0 Å². The zero-order chi connectivity index (χ0) is 10.8. The number of rotatable bonds is 1.